The van der Waals surface area contributed by atoms with Gasteiger partial charge in [-0.1, -0.05) is 19.1 Å². The van der Waals surface area contributed by atoms with E-state index in [2.05, 4.69) is 6.92 Å². The van der Waals surface area contributed by atoms with E-state index in [1.807, 2.05) is 46.0 Å². The molecule has 2 fully saturated rings. The van der Waals surface area contributed by atoms with Crippen LogP contribution in [0.15, 0.2) is 41.1 Å². The Labute approximate surface area is 174 Å². The summed E-state index contributed by atoms with van der Waals surface area (Å²) in [5, 5.41) is 3.89. The maximum Gasteiger partial charge on any atom is 0.253 e. The first kappa shape index (κ1) is 19.6. The van der Waals surface area contributed by atoms with E-state index in [4.69, 9.17) is 0 Å². The Morgan fingerprint density at radius 2 is 1.90 bits per heavy atom. The molecule has 2 aliphatic rings. The molecule has 0 radical (unpaired) electrons. The number of anilines is 1. The highest BCUT2D eigenvalue weighted by molar-refractivity contribution is 7.08. The van der Waals surface area contributed by atoms with Gasteiger partial charge >= 0.3 is 0 Å². The van der Waals surface area contributed by atoms with Crippen LogP contribution in [0.25, 0.3) is 0 Å². The smallest absolute Gasteiger partial charge is 0.253 e. The molecule has 0 saturated carbocycles. The second-order valence-corrected chi connectivity index (χ2v) is 8.60. The van der Waals surface area contributed by atoms with Crippen molar-refractivity contribution < 1.29 is 14.4 Å². The van der Waals surface area contributed by atoms with Gasteiger partial charge in [-0.25, -0.2) is 0 Å². The van der Waals surface area contributed by atoms with Crippen LogP contribution in [0.2, 0.25) is 0 Å². The number of thiophene rings is 1. The molecule has 29 heavy (non-hydrogen) atoms. The monoisotopic (exact) mass is 411 g/mol. The number of piperazine rings is 1. The average Bonchev–Trinajstić information content (AvgIpc) is 3.40. The van der Waals surface area contributed by atoms with Gasteiger partial charge < -0.3 is 14.7 Å². The molecular weight excluding hydrogens is 386 g/mol. The number of hydrogen-bond acceptors (Lipinski definition) is 4. The fourth-order valence-electron chi connectivity index (χ4n) is 4.39. The molecule has 6 nitrogen and oxygen atoms in total. The summed E-state index contributed by atoms with van der Waals surface area (Å²) in [6.07, 6.45) is 1.60. The molecule has 3 amide bonds. The second-order valence-electron chi connectivity index (χ2n) is 7.82. The zero-order valence-electron chi connectivity index (χ0n) is 16.8. The number of rotatable bonds is 3. The van der Waals surface area contributed by atoms with E-state index < -0.39 is 5.54 Å². The van der Waals surface area contributed by atoms with E-state index in [1.54, 1.807) is 21.1 Å². The maximum atomic E-state index is 13.1. The molecule has 3 heterocycles. The maximum absolute atomic E-state index is 13.1. The quantitative estimate of drug-likeness (QED) is 0.780. The van der Waals surface area contributed by atoms with Gasteiger partial charge in [-0.05, 0) is 42.0 Å². The van der Waals surface area contributed by atoms with Gasteiger partial charge in [-0.2, -0.15) is 11.3 Å². The molecule has 152 valence electrons. The highest BCUT2D eigenvalue weighted by Gasteiger charge is 2.51. The number of nitrogens with zero attached hydrogens (tertiary/aromatic N) is 3. The molecule has 1 spiro atoms. The van der Waals surface area contributed by atoms with Crippen molar-refractivity contribution in [3.8, 4) is 0 Å². The highest BCUT2D eigenvalue weighted by atomic mass is 32.1. The number of likely N-dealkylation sites (tertiary alicyclic amines) is 1. The summed E-state index contributed by atoms with van der Waals surface area (Å²) in [5.74, 6) is -0.221. The SMILES string of the molecule is CCc1ccc(C(=O)N2CC[C@]3(C2)CN(c2ccsc2)C(=O)CN3C(C)=O)cc1. The third kappa shape index (κ3) is 3.55. The summed E-state index contributed by atoms with van der Waals surface area (Å²) in [7, 11) is 0. The van der Waals surface area contributed by atoms with Crippen LogP contribution >= 0.6 is 11.3 Å². The molecule has 1 aromatic heterocycles. The fraction of sp³-hybridized carbons (Fsp3) is 0.409. The summed E-state index contributed by atoms with van der Waals surface area (Å²) in [6, 6.07) is 9.64. The van der Waals surface area contributed by atoms with Crippen molar-refractivity contribution in [1.82, 2.24) is 9.80 Å². The lowest BCUT2D eigenvalue weighted by Crippen LogP contribution is -2.67. The predicted molar refractivity (Wildman–Crippen MR) is 113 cm³/mol. The Morgan fingerprint density at radius 1 is 1.14 bits per heavy atom. The summed E-state index contributed by atoms with van der Waals surface area (Å²) >= 11 is 1.54. The molecule has 2 aromatic rings. The van der Waals surface area contributed by atoms with Gasteiger partial charge in [0.2, 0.25) is 11.8 Å². The predicted octanol–water partition coefficient (Wildman–Crippen LogP) is 2.79. The van der Waals surface area contributed by atoms with Gasteiger partial charge in [0.05, 0.1) is 17.8 Å². The molecule has 7 heteroatoms. The van der Waals surface area contributed by atoms with Gasteiger partial charge in [-0.15, -0.1) is 0 Å². The van der Waals surface area contributed by atoms with Gasteiger partial charge in [0.25, 0.3) is 5.91 Å². The molecule has 1 aromatic carbocycles. The van der Waals surface area contributed by atoms with Crippen molar-refractivity contribution in [2.75, 3.05) is 31.1 Å². The number of amides is 3. The summed E-state index contributed by atoms with van der Waals surface area (Å²) in [6.45, 7) is 5.07. The first-order valence-corrected chi connectivity index (χ1v) is 10.9. The Hall–Kier alpha value is -2.67. The first-order valence-electron chi connectivity index (χ1n) is 9.92. The standard InChI is InChI=1S/C22H25N3O3S/c1-3-17-4-6-18(7-5-17)21(28)23-10-9-22(14-23)15-24(19-8-11-29-13-19)20(27)12-25(22)16(2)26/h4-8,11,13H,3,9-10,12,14-15H2,1-2H3/t22-/m0/s1. The van der Waals surface area contributed by atoms with Gasteiger partial charge in [0.1, 0.15) is 6.54 Å². The normalized spacial score (nSPS) is 21.9. The van der Waals surface area contributed by atoms with E-state index in [0.717, 1.165) is 12.1 Å². The van der Waals surface area contributed by atoms with Crippen molar-refractivity contribution in [3.05, 3.63) is 52.2 Å². The Morgan fingerprint density at radius 3 is 2.52 bits per heavy atom. The van der Waals surface area contributed by atoms with E-state index in [-0.39, 0.29) is 24.3 Å². The molecule has 2 aliphatic heterocycles. The van der Waals surface area contributed by atoms with E-state index in [1.165, 1.54) is 12.5 Å². The van der Waals surface area contributed by atoms with Crippen LogP contribution in [0.4, 0.5) is 5.69 Å². The van der Waals surface area contributed by atoms with Crippen molar-refractivity contribution in [3.63, 3.8) is 0 Å². The number of aryl methyl sites for hydroxylation is 1. The number of carbonyl (C=O) groups is 3. The van der Waals surface area contributed by atoms with Crippen molar-refractivity contribution in [2.45, 2.75) is 32.2 Å². The van der Waals surface area contributed by atoms with Crippen molar-refractivity contribution in [1.29, 1.82) is 0 Å². The lowest BCUT2D eigenvalue weighted by Gasteiger charge is -2.47. The van der Waals surface area contributed by atoms with Crippen molar-refractivity contribution in [2.24, 2.45) is 0 Å². The van der Waals surface area contributed by atoms with Gasteiger partial charge in [-0.3, -0.25) is 14.4 Å². The van der Waals surface area contributed by atoms with Crippen LogP contribution < -0.4 is 4.90 Å². The Kier molecular flexibility index (Phi) is 5.17. The van der Waals surface area contributed by atoms with Crippen LogP contribution in [0, 0.1) is 0 Å². The van der Waals surface area contributed by atoms with Gasteiger partial charge in [0.15, 0.2) is 0 Å². The lowest BCUT2D eigenvalue weighted by molar-refractivity contribution is -0.142. The zero-order valence-corrected chi connectivity index (χ0v) is 17.6. The van der Waals surface area contributed by atoms with E-state index in [9.17, 15) is 14.4 Å². The number of carbonyl (C=O) groups excluding carboxylic acids is 3. The van der Waals surface area contributed by atoms with Crippen LogP contribution in [0.1, 0.15) is 36.2 Å². The molecule has 2 saturated heterocycles. The minimum atomic E-state index is -0.541. The van der Waals surface area contributed by atoms with Crippen molar-refractivity contribution >= 4 is 34.7 Å². The average molecular weight is 412 g/mol. The third-order valence-electron chi connectivity index (χ3n) is 6.05. The van der Waals surface area contributed by atoms with Crippen LogP contribution in [-0.4, -0.2) is 59.2 Å². The van der Waals surface area contributed by atoms with Crippen LogP contribution in [0.5, 0.6) is 0 Å². The molecule has 1 atom stereocenters. The Bertz CT molecular complexity index is 925. The van der Waals surface area contributed by atoms with Gasteiger partial charge in [0, 0.05) is 31.0 Å². The lowest BCUT2D eigenvalue weighted by atomic mass is 9.92. The highest BCUT2D eigenvalue weighted by Crippen LogP contribution is 2.35. The minimum absolute atomic E-state index is 0.0213. The topological polar surface area (TPSA) is 60.9 Å². The molecule has 0 aliphatic carbocycles. The largest absolute Gasteiger partial charge is 0.336 e. The number of benzene rings is 1. The summed E-state index contributed by atoms with van der Waals surface area (Å²) in [5.41, 5.74) is 2.18. The molecule has 0 unspecified atom stereocenters. The number of hydrogen-bond donors (Lipinski definition) is 0. The van der Waals surface area contributed by atoms with E-state index >= 15 is 0 Å². The molecule has 4 rings (SSSR count). The fourth-order valence-corrected chi connectivity index (χ4v) is 5.03. The summed E-state index contributed by atoms with van der Waals surface area (Å²) < 4.78 is 0. The second kappa shape index (κ2) is 7.63. The summed E-state index contributed by atoms with van der Waals surface area (Å²) in [4.78, 5) is 43.4. The Balaban J connectivity index is 1.58. The third-order valence-corrected chi connectivity index (χ3v) is 6.72. The van der Waals surface area contributed by atoms with E-state index in [0.29, 0.717) is 31.6 Å². The van der Waals surface area contributed by atoms with Crippen LogP contribution in [-0.2, 0) is 16.0 Å². The molecule has 0 N–H and O–H groups in total. The molecular formula is C22H25N3O3S. The molecule has 0 bridgehead atoms. The zero-order chi connectivity index (χ0) is 20.6. The first-order chi connectivity index (χ1) is 13.9. The van der Waals surface area contributed by atoms with Crippen LogP contribution in [0.3, 0.4) is 0 Å². The minimum Gasteiger partial charge on any atom is -0.336 e.